The minimum Gasteiger partial charge on any atom is -0.383 e. The van der Waals surface area contributed by atoms with Crippen molar-refractivity contribution in [1.29, 1.82) is 0 Å². The van der Waals surface area contributed by atoms with Gasteiger partial charge in [0.2, 0.25) is 9.84 Å². The van der Waals surface area contributed by atoms with Crippen LogP contribution in [0.2, 0.25) is 5.02 Å². The number of benzene rings is 1. The second-order valence-electron chi connectivity index (χ2n) is 4.05. The van der Waals surface area contributed by atoms with Crippen molar-refractivity contribution in [1.82, 2.24) is 9.97 Å². The summed E-state index contributed by atoms with van der Waals surface area (Å²) in [5.41, 5.74) is 12.0. The summed E-state index contributed by atoms with van der Waals surface area (Å²) < 4.78 is 35.9. The lowest BCUT2D eigenvalue weighted by atomic mass is 10.1. The van der Waals surface area contributed by atoms with Crippen LogP contribution >= 0.6 is 11.6 Å². The highest BCUT2D eigenvalue weighted by atomic mass is 35.5. The van der Waals surface area contributed by atoms with Gasteiger partial charge < -0.3 is 11.5 Å². The van der Waals surface area contributed by atoms with Crippen LogP contribution in [0.15, 0.2) is 23.4 Å². The van der Waals surface area contributed by atoms with Crippen LogP contribution < -0.4 is 11.5 Å². The van der Waals surface area contributed by atoms with Crippen LogP contribution in [0.1, 0.15) is 0 Å². The van der Waals surface area contributed by atoms with E-state index in [0.717, 1.165) is 12.3 Å². The van der Waals surface area contributed by atoms with Gasteiger partial charge in [-0.1, -0.05) is 17.7 Å². The van der Waals surface area contributed by atoms with Crippen LogP contribution in [-0.2, 0) is 9.84 Å². The molecule has 0 aliphatic heterocycles. The van der Waals surface area contributed by atoms with Gasteiger partial charge in [-0.15, -0.1) is 0 Å². The third-order valence-electron chi connectivity index (χ3n) is 2.48. The van der Waals surface area contributed by atoms with E-state index in [-0.39, 0.29) is 22.2 Å². The molecule has 0 radical (unpaired) electrons. The first-order valence-corrected chi connectivity index (χ1v) is 7.55. The summed E-state index contributed by atoms with van der Waals surface area (Å²) >= 11 is 5.68. The number of hydrogen-bond donors (Lipinski definition) is 2. The molecular formula is C11H10ClFN4O2S. The van der Waals surface area contributed by atoms with E-state index < -0.39 is 20.8 Å². The Hall–Kier alpha value is -1.93. The molecule has 2 aromatic rings. The van der Waals surface area contributed by atoms with Crippen LogP contribution in [-0.4, -0.2) is 24.6 Å². The maximum Gasteiger partial charge on any atom is 0.250 e. The maximum atomic E-state index is 13.1. The van der Waals surface area contributed by atoms with Gasteiger partial charge in [-0.2, -0.15) is 0 Å². The molecule has 6 nitrogen and oxygen atoms in total. The molecule has 0 spiro atoms. The zero-order valence-corrected chi connectivity index (χ0v) is 11.8. The average molecular weight is 317 g/mol. The Balaban J connectivity index is 2.67. The van der Waals surface area contributed by atoms with Crippen molar-refractivity contribution in [3.63, 3.8) is 0 Å². The predicted octanol–water partition coefficient (Wildman–Crippen LogP) is 1.50. The number of anilines is 2. The molecule has 0 fully saturated rings. The smallest absolute Gasteiger partial charge is 0.250 e. The molecule has 0 saturated heterocycles. The van der Waals surface area contributed by atoms with Gasteiger partial charge in [0, 0.05) is 6.26 Å². The largest absolute Gasteiger partial charge is 0.383 e. The fourth-order valence-electron chi connectivity index (χ4n) is 1.59. The SMILES string of the molecule is CS(=O)(=O)c1nc(N)c(-c2ccc(F)c(Cl)c2)c(N)n1. The average Bonchev–Trinajstić information content (AvgIpc) is 2.31. The lowest BCUT2D eigenvalue weighted by molar-refractivity contribution is 0.593. The van der Waals surface area contributed by atoms with E-state index in [0.29, 0.717) is 5.56 Å². The van der Waals surface area contributed by atoms with Gasteiger partial charge in [0.25, 0.3) is 5.16 Å². The van der Waals surface area contributed by atoms with Gasteiger partial charge in [0.1, 0.15) is 17.5 Å². The summed E-state index contributed by atoms with van der Waals surface area (Å²) in [6, 6.07) is 3.84. The van der Waals surface area contributed by atoms with E-state index in [1.54, 1.807) is 0 Å². The molecule has 9 heteroatoms. The Labute approximate surface area is 119 Å². The Kier molecular flexibility index (Phi) is 3.53. The number of nitrogens with two attached hydrogens (primary N) is 2. The number of rotatable bonds is 2. The third kappa shape index (κ3) is 2.66. The number of sulfone groups is 1. The molecule has 20 heavy (non-hydrogen) atoms. The van der Waals surface area contributed by atoms with Crippen LogP contribution in [0.5, 0.6) is 0 Å². The molecule has 2 rings (SSSR count). The van der Waals surface area contributed by atoms with Crippen LogP contribution in [0.25, 0.3) is 11.1 Å². The summed E-state index contributed by atoms with van der Waals surface area (Å²) in [5, 5.41) is -0.585. The molecule has 4 N–H and O–H groups in total. The molecule has 0 bridgehead atoms. The van der Waals surface area contributed by atoms with Crippen LogP contribution in [0.4, 0.5) is 16.0 Å². The monoisotopic (exact) mass is 316 g/mol. The first-order valence-electron chi connectivity index (χ1n) is 5.28. The molecule has 1 aromatic carbocycles. The predicted molar refractivity (Wildman–Crippen MR) is 74.4 cm³/mol. The first-order chi connectivity index (χ1) is 9.20. The van der Waals surface area contributed by atoms with Crippen molar-refractivity contribution in [2.24, 2.45) is 0 Å². The quantitative estimate of drug-likeness (QED) is 0.812. The summed E-state index contributed by atoms with van der Waals surface area (Å²) in [6.45, 7) is 0. The Bertz CT molecular complexity index is 772. The number of hydrogen-bond acceptors (Lipinski definition) is 6. The van der Waals surface area contributed by atoms with Crippen molar-refractivity contribution >= 4 is 33.1 Å². The highest BCUT2D eigenvalue weighted by molar-refractivity contribution is 7.90. The molecule has 0 aliphatic rings. The summed E-state index contributed by atoms with van der Waals surface area (Å²) in [4.78, 5) is 7.39. The van der Waals surface area contributed by atoms with Gasteiger partial charge in [-0.05, 0) is 17.7 Å². The third-order valence-corrected chi connectivity index (χ3v) is 3.62. The topological polar surface area (TPSA) is 112 Å². The second-order valence-corrected chi connectivity index (χ2v) is 6.37. The van der Waals surface area contributed by atoms with E-state index in [4.69, 9.17) is 23.1 Å². The van der Waals surface area contributed by atoms with Gasteiger partial charge in [-0.3, -0.25) is 0 Å². The lowest BCUT2D eigenvalue weighted by Gasteiger charge is -2.10. The standard InChI is InChI=1S/C11H10ClFN4O2S/c1-20(18,19)11-16-9(14)8(10(15)17-11)5-2-3-7(13)6(12)4-5/h2-4H,1H3,(H4,14,15,16,17). The molecule has 0 atom stereocenters. The van der Waals surface area contributed by atoms with Gasteiger partial charge in [-0.25, -0.2) is 22.8 Å². The molecule has 106 valence electrons. The Morgan fingerprint density at radius 1 is 1.20 bits per heavy atom. The van der Waals surface area contributed by atoms with Gasteiger partial charge >= 0.3 is 0 Å². The minimum absolute atomic E-state index is 0.117. The second kappa shape index (κ2) is 4.88. The first kappa shape index (κ1) is 14.5. The number of nitrogens with zero attached hydrogens (tertiary/aromatic N) is 2. The molecule has 0 unspecified atom stereocenters. The molecule has 0 amide bonds. The summed E-state index contributed by atoms with van der Waals surface area (Å²) in [7, 11) is -3.63. The Morgan fingerprint density at radius 2 is 1.75 bits per heavy atom. The van der Waals surface area contributed by atoms with E-state index in [2.05, 4.69) is 9.97 Å². The minimum atomic E-state index is -3.63. The summed E-state index contributed by atoms with van der Waals surface area (Å²) in [5.74, 6) is -0.845. The fraction of sp³-hybridized carbons (Fsp3) is 0.0909. The van der Waals surface area contributed by atoms with E-state index in [9.17, 15) is 12.8 Å². The molecule has 1 aromatic heterocycles. The van der Waals surface area contributed by atoms with Gasteiger partial charge in [0.05, 0.1) is 10.6 Å². The van der Waals surface area contributed by atoms with Gasteiger partial charge in [0.15, 0.2) is 0 Å². The number of halogens is 2. The highest BCUT2D eigenvalue weighted by Gasteiger charge is 2.18. The number of aromatic nitrogens is 2. The van der Waals surface area contributed by atoms with Crippen molar-refractivity contribution < 1.29 is 12.8 Å². The van der Waals surface area contributed by atoms with E-state index in [1.165, 1.54) is 12.1 Å². The Morgan fingerprint density at radius 3 is 2.20 bits per heavy atom. The highest BCUT2D eigenvalue weighted by Crippen LogP contribution is 2.32. The van der Waals surface area contributed by atoms with Crippen LogP contribution in [0.3, 0.4) is 0 Å². The lowest BCUT2D eigenvalue weighted by Crippen LogP contribution is -2.10. The normalized spacial score (nSPS) is 11.6. The maximum absolute atomic E-state index is 13.1. The van der Waals surface area contributed by atoms with Crippen molar-refractivity contribution in [2.75, 3.05) is 17.7 Å². The van der Waals surface area contributed by atoms with Crippen molar-refractivity contribution in [2.45, 2.75) is 5.16 Å². The fourth-order valence-corrected chi connectivity index (χ4v) is 2.30. The van der Waals surface area contributed by atoms with Crippen molar-refractivity contribution in [3.8, 4) is 11.1 Å². The summed E-state index contributed by atoms with van der Waals surface area (Å²) in [6.07, 6.45) is 0.940. The molecular weight excluding hydrogens is 307 g/mol. The zero-order chi connectivity index (χ0) is 15.1. The van der Waals surface area contributed by atoms with E-state index >= 15 is 0 Å². The number of nitrogen functional groups attached to an aromatic ring is 2. The van der Waals surface area contributed by atoms with Crippen LogP contribution in [0, 0.1) is 5.82 Å². The zero-order valence-electron chi connectivity index (χ0n) is 10.3. The molecule has 0 aliphatic carbocycles. The van der Waals surface area contributed by atoms with E-state index in [1.807, 2.05) is 0 Å². The molecule has 1 heterocycles. The van der Waals surface area contributed by atoms with Crippen molar-refractivity contribution in [3.05, 3.63) is 29.0 Å². The molecule has 0 saturated carbocycles.